The maximum absolute atomic E-state index is 10.6. The number of nitrogens with zero attached hydrogens (tertiary/aromatic N) is 1. The van der Waals surface area contributed by atoms with Crippen molar-refractivity contribution in [1.29, 1.82) is 0 Å². The first-order valence-electron chi connectivity index (χ1n) is 5.30. The fraction of sp³-hybridized carbons (Fsp3) is 1.00. The second-order valence-corrected chi connectivity index (χ2v) is 5.36. The summed E-state index contributed by atoms with van der Waals surface area (Å²) in [6.45, 7) is 7.18. The third-order valence-electron chi connectivity index (χ3n) is 2.95. The van der Waals surface area contributed by atoms with Crippen molar-refractivity contribution >= 4 is 10.1 Å². The summed E-state index contributed by atoms with van der Waals surface area (Å²) in [5.74, 6) is -0.196. The summed E-state index contributed by atoms with van der Waals surface area (Å²) in [4.78, 5) is 0. The summed E-state index contributed by atoms with van der Waals surface area (Å²) in [5.41, 5.74) is 0. The number of rotatable bonds is 8. The Labute approximate surface area is 92.1 Å². The van der Waals surface area contributed by atoms with Gasteiger partial charge in [-0.1, -0.05) is 0 Å². The summed E-state index contributed by atoms with van der Waals surface area (Å²) in [7, 11) is -3.85. The topological polar surface area (TPSA) is 74.6 Å². The molecule has 0 atom stereocenters. The highest BCUT2D eigenvalue weighted by Crippen LogP contribution is 2.07. The van der Waals surface area contributed by atoms with Gasteiger partial charge >= 0.3 is 0 Å². The molecule has 0 amide bonds. The van der Waals surface area contributed by atoms with Crippen LogP contribution in [0.5, 0.6) is 0 Å². The molecule has 0 rings (SSSR count). The number of aliphatic hydroxyl groups is 1. The first kappa shape index (κ1) is 14.8. The summed E-state index contributed by atoms with van der Waals surface area (Å²) in [5, 5.41) is 8.94. The lowest BCUT2D eigenvalue weighted by Crippen LogP contribution is -2.50. The molecule has 0 saturated heterocycles. The van der Waals surface area contributed by atoms with Crippen molar-refractivity contribution in [2.45, 2.75) is 20.3 Å². The molecule has 0 saturated carbocycles. The third kappa shape index (κ3) is 6.09. The predicted octanol–water partition coefficient (Wildman–Crippen LogP) is 0.113. The zero-order valence-corrected chi connectivity index (χ0v) is 10.3. The van der Waals surface area contributed by atoms with Gasteiger partial charge in [0.1, 0.15) is 6.54 Å². The average molecular weight is 240 g/mol. The van der Waals surface area contributed by atoms with Gasteiger partial charge in [0.05, 0.1) is 32.0 Å². The van der Waals surface area contributed by atoms with E-state index in [0.29, 0.717) is 24.0 Å². The van der Waals surface area contributed by atoms with E-state index in [0.717, 1.165) is 13.1 Å². The van der Waals surface area contributed by atoms with Crippen molar-refractivity contribution in [3.8, 4) is 0 Å². The van der Waals surface area contributed by atoms with Gasteiger partial charge in [-0.3, -0.25) is 4.55 Å². The van der Waals surface area contributed by atoms with Gasteiger partial charge < -0.3 is 9.59 Å². The van der Waals surface area contributed by atoms with Crippen molar-refractivity contribution in [2.75, 3.05) is 38.5 Å². The van der Waals surface area contributed by atoms with Crippen LogP contribution in [0.3, 0.4) is 0 Å². The Bertz CT molecular complexity index is 259. The highest BCUT2D eigenvalue weighted by molar-refractivity contribution is 7.85. The van der Waals surface area contributed by atoms with E-state index in [1.807, 2.05) is 13.8 Å². The van der Waals surface area contributed by atoms with Gasteiger partial charge in [-0.2, -0.15) is 8.42 Å². The van der Waals surface area contributed by atoms with Crippen LogP contribution in [-0.2, 0) is 10.1 Å². The fourth-order valence-corrected chi connectivity index (χ4v) is 2.26. The lowest BCUT2D eigenvalue weighted by atomic mass is 10.3. The Morgan fingerprint density at radius 1 is 1.13 bits per heavy atom. The van der Waals surface area contributed by atoms with Crippen LogP contribution in [0, 0.1) is 0 Å². The highest BCUT2D eigenvalue weighted by Gasteiger charge is 2.22. The predicted molar refractivity (Wildman–Crippen MR) is 59.2 cm³/mol. The van der Waals surface area contributed by atoms with Crippen LogP contribution >= 0.6 is 0 Å². The first-order valence-corrected chi connectivity index (χ1v) is 6.91. The molecule has 0 fully saturated rings. The molecular formula is C9H22NO4S+. The van der Waals surface area contributed by atoms with Gasteiger partial charge in [0.25, 0.3) is 10.1 Å². The van der Waals surface area contributed by atoms with E-state index in [1.165, 1.54) is 0 Å². The number of hydrogen-bond donors (Lipinski definition) is 2. The molecule has 0 aromatic heterocycles. The van der Waals surface area contributed by atoms with Crippen LogP contribution in [0.4, 0.5) is 0 Å². The molecule has 0 aliphatic carbocycles. The Morgan fingerprint density at radius 3 is 2.00 bits per heavy atom. The largest absolute Gasteiger partial charge is 0.391 e. The van der Waals surface area contributed by atoms with Crippen LogP contribution in [0.25, 0.3) is 0 Å². The molecule has 5 nitrogen and oxygen atoms in total. The van der Waals surface area contributed by atoms with E-state index in [-0.39, 0.29) is 12.4 Å². The number of hydrogen-bond acceptors (Lipinski definition) is 3. The molecule has 15 heavy (non-hydrogen) atoms. The molecule has 92 valence electrons. The third-order valence-corrected chi connectivity index (χ3v) is 3.76. The monoisotopic (exact) mass is 240 g/mol. The lowest BCUT2D eigenvalue weighted by Gasteiger charge is -2.36. The average Bonchev–Trinajstić information content (AvgIpc) is 2.14. The summed E-state index contributed by atoms with van der Waals surface area (Å²) >= 11 is 0. The Kier molecular flexibility index (Phi) is 6.35. The second-order valence-electron chi connectivity index (χ2n) is 3.78. The zero-order chi connectivity index (χ0) is 11.9. The van der Waals surface area contributed by atoms with E-state index in [9.17, 15) is 8.42 Å². The molecule has 6 heteroatoms. The molecule has 0 unspecified atom stereocenters. The van der Waals surface area contributed by atoms with Crippen LogP contribution in [0.1, 0.15) is 20.3 Å². The fourth-order valence-electron chi connectivity index (χ4n) is 1.76. The minimum Gasteiger partial charge on any atom is -0.391 e. The molecular weight excluding hydrogens is 218 g/mol. The lowest BCUT2D eigenvalue weighted by molar-refractivity contribution is -0.925. The summed E-state index contributed by atoms with van der Waals surface area (Å²) in [6, 6.07) is 0. The Hall–Kier alpha value is -0.170. The summed E-state index contributed by atoms with van der Waals surface area (Å²) in [6.07, 6.45) is 0.431. The van der Waals surface area contributed by atoms with Gasteiger partial charge in [0.15, 0.2) is 0 Å². The molecule has 2 N–H and O–H groups in total. The van der Waals surface area contributed by atoms with Crippen LogP contribution < -0.4 is 0 Å². The molecule has 0 bridgehead atoms. The van der Waals surface area contributed by atoms with Crippen molar-refractivity contribution in [1.82, 2.24) is 0 Å². The Morgan fingerprint density at radius 2 is 1.67 bits per heavy atom. The maximum atomic E-state index is 10.6. The van der Waals surface area contributed by atoms with Crippen molar-refractivity contribution in [3.05, 3.63) is 0 Å². The van der Waals surface area contributed by atoms with E-state index >= 15 is 0 Å². The van der Waals surface area contributed by atoms with E-state index in [1.54, 1.807) is 0 Å². The standard InChI is InChI=1S/C9H21NO4S/c1-3-10(4-2,7-8-11)6-5-9-15(12,13)14/h11H,3-9H2,1-2H3/p+1. The number of likely N-dealkylation sites (N-methyl/N-ethyl adjacent to an activating group) is 1. The minimum absolute atomic E-state index is 0.105. The second kappa shape index (κ2) is 6.42. The van der Waals surface area contributed by atoms with E-state index in [4.69, 9.17) is 9.66 Å². The van der Waals surface area contributed by atoms with Gasteiger partial charge in [-0.05, 0) is 13.8 Å². The van der Waals surface area contributed by atoms with Crippen LogP contribution in [0.15, 0.2) is 0 Å². The van der Waals surface area contributed by atoms with Crippen LogP contribution in [-0.4, -0.2) is 61.1 Å². The minimum atomic E-state index is -3.85. The highest BCUT2D eigenvalue weighted by atomic mass is 32.2. The van der Waals surface area contributed by atoms with Gasteiger partial charge in [-0.15, -0.1) is 0 Å². The van der Waals surface area contributed by atoms with Gasteiger partial charge in [0.2, 0.25) is 0 Å². The van der Waals surface area contributed by atoms with Crippen molar-refractivity contribution < 1.29 is 22.6 Å². The quantitative estimate of drug-likeness (QED) is 0.466. The molecule has 0 aliphatic heterocycles. The normalized spacial score (nSPS) is 13.1. The summed E-state index contributed by atoms with van der Waals surface area (Å²) < 4.78 is 30.4. The maximum Gasteiger partial charge on any atom is 0.265 e. The molecule has 0 radical (unpaired) electrons. The van der Waals surface area contributed by atoms with Crippen molar-refractivity contribution in [3.63, 3.8) is 0 Å². The number of aliphatic hydroxyl groups excluding tert-OH is 1. The number of quaternary nitrogens is 1. The molecule has 0 aliphatic rings. The molecule has 0 spiro atoms. The molecule has 0 aromatic carbocycles. The van der Waals surface area contributed by atoms with E-state index < -0.39 is 10.1 Å². The smallest absolute Gasteiger partial charge is 0.265 e. The molecule has 0 heterocycles. The van der Waals surface area contributed by atoms with Crippen molar-refractivity contribution in [2.24, 2.45) is 0 Å². The van der Waals surface area contributed by atoms with Gasteiger partial charge in [0, 0.05) is 6.42 Å². The zero-order valence-electron chi connectivity index (χ0n) is 9.52. The Balaban J connectivity index is 4.18. The van der Waals surface area contributed by atoms with Gasteiger partial charge in [-0.25, -0.2) is 0 Å². The first-order chi connectivity index (χ1) is 6.89. The van der Waals surface area contributed by atoms with Crippen LogP contribution in [0.2, 0.25) is 0 Å². The SMILES string of the molecule is CC[N+](CC)(CCO)CCCS(=O)(=O)O. The molecule has 0 aromatic rings. The van der Waals surface area contributed by atoms with E-state index in [2.05, 4.69) is 0 Å².